The smallest absolute Gasteiger partial charge is 0.381 e. The van der Waals surface area contributed by atoms with Crippen LogP contribution in [0.15, 0.2) is 53.7 Å². The second kappa shape index (κ2) is 7.95. The Morgan fingerprint density at radius 2 is 1.81 bits per heavy atom. The molecule has 1 fully saturated rings. The van der Waals surface area contributed by atoms with Crippen LogP contribution in [0, 0.1) is 5.92 Å². The Kier molecular flexibility index (Phi) is 5.83. The zero-order valence-corrected chi connectivity index (χ0v) is 15.1. The van der Waals surface area contributed by atoms with Crippen LogP contribution in [0.3, 0.4) is 0 Å². The average Bonchev–Trinajstić information content (AvgIpc) is 2.67. The molecule has 0 unspecified atom stereocenters. The summed E-state index contributed by atoms with van der Waals surface area (Å²) in [6.45, 7) is 0.949. The summed E-state index contributed by atoms with van der Waals surface area (Å²) in [5, 5.41) is 0. The molecule has 5 nitrogen and oxygen atoms in total. The number of pyridine rings is 1. The summed E-state index contributed by atoms with van der Waals surface area (Å²) in [6, 6.07) is 6.87. The van der Waals surface area contributed by atoms with Crippen molar-refractivity contribution in [3.8, 4) is 0 Å². The molecule has 0 radical (unpaired) electrons. The van der Waals surface area contributed by atoms with Gasteiger partial charge in [-0.3, -0.25) is 4.98 Å². The van der Waals surface area contributed by atoms with Gasteiger partial charge in [-0.05, 0) is 42.5 Å². The number of alkyl halides is 3. The van der Waals surface area contributed by atoms with Crippen molar-refractivity contribution in [3.63, 3.8) is 0 Å². The van der Waals surface area contributed by atoms with Gasteiger partial charge in [0.1, 0.15) is 0 Å². The molecule has 1 saturated heterocycles. The summed E-state index contributed by atoms with van der Waals surface area (Å²) in [7, 11) is -4.41. The van der Waals surface area contributed by atoms with Gasteiger partial charge >= 0.3 is 6.18 Å². The lowest BCUT2D eigenvalue weighted by atomic mass is 9.88. The van der Waals surface area contributed by atoms with Crippen LogP contribution >= 0.6 is 0 Å². The van der Waals surface area contributed by atoms with Crippen molar-refractivity contribution in [2.75, 3.05) is 13.2 Å². The number of rotatable bonds is 5. The third-order valence-corrected chi connectivity index (χ3v) is 6.04. The molecule has 2 aromatic rings. The van der Waals surface area contributed by atoms with Gasteiger partial charge in [0.25, 0.3) is 0 Å². The lowest BCUT2D eigenvalue weighted by Gasteiger charge is -2.31. The summed E-state index contributed by atoms with van der Waals surface area (Å²) in [5.41, 5.74) is -0.577. The predicted molar refractivity (Wildman–Crippen MR) is 92.3 cm³/mol. The van der Waals surface area contributed by atoms with E-state index in [9.17, 15) is 21.6 Å². The maximum absolute atomic E-state index is 13.3. The van der Waals surface area contributed by atoms with E-state index in [1.165, 1.54) is 18.3 Å². The Bertz CT molecular complexity index is 867. The van der Waals surface area contributed by atoms with Crippen LogP contribution in [-0.2, 0) is 20.9 Å². The first-order valence-electron chi connectivity index (χ1n) is 8.45. The van der Waals surface area contributed by atoms with Crippen LogP contribution in [0.4, 0.5) is 13.2 Å². The molecule has 0 bridgehead atoms. The highest BCUT2D eigenvalue weighted by Gasteiger charge is 2.38. The third-order valence-electron chi connectivity index (χ3n) is 4.54. The Balaban J connectivity index is 1.98. The molecule has 146 valence electrons. The molecular formula is C18H19F3N2O3S. The first kappa shape index (κ1) is 19.8. The molecule has 0 saturated carbocycles. The fourth-order valence-corrected chi connectivity index (χ4v) is 4.73. The normalized spacial score (nSPS) is 17.6. The monoisotopic (exact) mass is 400 g/mol. The van der Waals surface area contributed by atoms with Crippen molar-refractivity contribution in [1.82, 2.24) is 9.71 Å². The summed E-state index contributed by atoms with van der Waals surface area (Å²) in [6.07, 6.45) is -0.490. The maximum Gasteiger partial charge on any atom is 0.417 e. The molecule has 27 heavy (non-hydrogen) atoms. The zero-order chi connectivity index (χ0) is 19.5. The van der Waals surface area contributed by atoms with E-state index in [1.807, 2.05) is 0 Å². The van der Waals surface area contributed by atoms with Gasteiger partial charge in [0.15, 0.2) is 0 Å². The van der Waals surface area contributed by atoms with Gasteiger partial charge in [-0.25, -0.2) is 13.1 Å². The predicted octanol–water partition coefficient (Wildman–Crippen LogP) is 3.55. The van der Waals surface area contributed by atoms with Crippen molar-refractivity contribution in [3.05, 3.63) is 59.9 Å². The minimum atomic E-state index is -4.77. The molecule has 1 atom stereocenters. The SMILES string of the molecule is O=S(=O)(N[C@H](c1cccnc1)C1CCOCC1)c1ccccc1C(F)(F)F. The lowest BCUT2D eigenvalue weighted by molar-refractivity contribution is -0.139. The topological polar surface area (TPSA) is 68.3 Å². The molecule has 1 aliphatic rings. The Labute approximate surface area is 155 Å². The quantitative estimate of drug-likeness (QED) is 0.834. The fourth-order valence-electron chi connectivity index (χ4n) is 3.21. The van der Waals surface area contributed by atoms with Gasteiger partial charge in [-0.15, -0.1) is 0 Å². The lowest BCUT2D eigenvalue weighted by Crippen LogP contribution is -2.36. The van der Waals surface area contributed by atoms with Crippen LogP contribution in [0.2, 0.25) is 0 Å². The van der Waals surface area contributed by atoms with Gasteiger partial charge < -0.3 is 4.74 Å². The van der Waals surface area contributed by atoms with Crippen molar-refractivity contribution in [2.24, 2.45) is 5.92 Å². The second-order valence-electron chi connectivity index (χ2n) is 6.33. The molecule has 0 spiro atoms. The largest absolute Gasteiger partial charge is 0.417 e. The van der Waals surface area contributed by atoms with E-state index in [0.717, 1.165) is 12.1 Å². The summed E-state index contributed by atoms with van der Waals surface area (Å²) in [5.74, 6) is -0.101. The van der Waals surface area contributed by atoms with Crippen molar-refractivity contribution < 1.29 is 26.3 Å². The molecule has 1 aromatic heterocycles. The molecule has 1 N–H and O–H groups in total. The standard InChI is InChI=1S/C18H19F3N2O3S/c19-18(20,21)15-5-1-2-6-16(15)27(24,25)23-17(13-7-10-26-11-8-13)14-4-3-9-22-12-14/h1-6,9,12-13,17,23H,7-8,10-11H2/t17-/m0/s1. The highest BCUT2D eigenvalue weighted by molar-refractivity contribution is 7.89. The number of ether oxygens (including phenoxy) is 1. The molecule has 1 aromatic carbocycles. The number of nitrogens with one attached hydrogen (secondary N) is 1. The minimum absolute atomic E-state index is 0.101. The Morgan fingerprint density at radius 1 is 1.11 bits per heavy atom. The molecular weight excluding hydrogens is 381 g/mol. The van der Waals surface area contributed by atoms with Crippen LogP contribution in [-0.4, -0.2) is 26.6 Å². The Hall–Kier alpha value is -1.97. The van der Waals surface area contributed by atoms with Crippen LogP contribution in [0.5, 0.6) is 0 Å². The number of sulfonamides is 1. The van der Waals surface area contributed by atoms with Crippen LogP contribution in [0.25, 0.3) is 0 Å². The molecule has 9 heteroatoms. The minimum Gasteiger partial charge on any atom is -0.381 e. The molecule has 0 amide bonds. The maximum atomic E-state index is 13.3. The zero-order valence-electron chi connectivity index (χ0n) is 14.3. The molecule has 0 aliphatic carbocycles. The highest BCUT2D eigenvalue weighted by atomic mass is 32.2. The molecule has 2 heterocycles. The van der Waals surface area contributed by atoms with Crippen molar-refractivity contribution in [1.29, 1.82) is 0 Å². The van der Waals surface area contributed by atoms with E-state index in [-0.39, 0.29) is 5.92 Å². The van der Waals surface area contributed by atoms with Gasteiger partial charge in [0.2, 0.25) is 10.0 Å². The summed E-state index contributed by atoms with van der Waals surface area (Å²) < 4.78 is 73.4. The first-order chi connectivity index (χ1) is 12.8. The Morgan fingerprint density at radius 3 is 2.44 bits per heavy atom. The molecule has 1 aliphatic heterocycles. The first-order valence-corrected chi connectivity index (χ1v) is 9.93. The number of aromatic nitrogens is 1. The number of hydrogen-bond donors (Lipinski definition) is 1. The number of benzene rings is 1. The summed E-state index contributed by atoms with van der Waals surface area (Å²) >= 11 is 0. The number of nitrogens with zero attached hydrogens (tertiary/aromatic N) is 1. The van der Waals surface area contributed by atoms with E-state index in [2.05, 4.69) is 9.71 Å². The molecule has 3 rings (SSSR count). The van der Waals surface area contributed by atoms with E-state index in [4.69, 9.17) is 4.74 Å². The van der Waals surface area contributed by atoms with Gasteiger partial charge in [0, 0.05) is 25.6 Å². The van der Waals surface area contributed by atoms with E-state index in [0.29, 0.717) is 31.6 Å². The number of halogens is 3. The third kappa shape index (κ3) is 4.66. The van der Waals surface area contributed by atoms with Crippen molar-refractivity contribution >= 4 is 10.0 Å². The summed E-state index contributed by atoms with van der Waals surface area (Å²) in [4.78, 5) is 3.23. The van der Waals surface area contributed by atoms with Gasteiger partial charge in [0.05, 0.1) is 16.5 Å². The van der Waals surface area contributed by atoms with Crippen LogP contribution < -0.4 is 4.72 Å². The van der Waals surface area contributed by atoms with Gasteiger partial charge in [-0.2, -0.15) is 13.2 Å². The highest BCUT2D eigenvalue weighted by Crippen LogP contribution is 2.36. The second-order valence-corrected chi connectivity index (χ2v) is 8.01. The van der Waals surface area contributed by atoms with E-state index >= 15 is 0 Å². The van der Waals surface area contributed by atoms with Gasteiger partial charge in [-0.1, -0.05) is 18.2 Å². The van der Waals surface area contributed by atoms with Crippen molar-refractivity contribution in [2.45, 2.75) is 30.0 Å². The van der Waals surface area contributed by atoms with Crippen LogP contribution in [0.1, 0.15) is 30.0 Å². The average molecular weight is 400 g/mol. The van der Waals surface area contributed by atoms with E-state index in [1.54, 1.807) is 18.3 Å². The number of hydrogen-bond acceptors (Lipinski definition) is 4. The fraction of sp³-hybridized carbons (Fsp3) is 0.389. The van der Waals surface area contributed by atoms with E-state index < -0.39 is 32.7 Å².